The smallest absolute Gasteiger partial charge is 0.00961 e. The van der Waals surface area contributed by atoms with Crippen molar-refractivity contribution in [3.05, 3.63) is 167 Å². The Bertz CT molecular complexity index is 2170. The summed E-state index contributed by atoms with van der Waals surface area (Å²) < 4.78 is 0. The van der Waals surface area contributed by atoms with Crippen molar-refractivity contribution in [2.45, 2.75) is 96.9 Å². The second kappa shape index (κ2) is 22.1. The number of fused-ring (bicyclic) bond motifs is 7. The van der Waals surface area contributed by atoms with Gasteiger partial charge in [-0.2, -0.15) is 0 Å². The Balaban J connectivity index is 0.000000256. The van der Waals surface area contributed by atoms with Crippen LogP contribution in [0.5, 0.6) is 0 Å². The van der Waals surface area contributed by atoms with E-state index in [1.165, 1.54) is 87.2 Å². The zero-order chi connectivity index (χ0) is 38.8. The molecule has 0 N–H and O–H groups in total. The van der Waals surface area contributed by atoms with Gasteiger partial charge in [-0.15, -0.1) is 0 Å². The SMILES string of the molecule is CC.CC.CC.CC.Cc1cc(C)c2ccccc2c1.Cc1cc2c3ccccc3c(C)cc2c2ccccc12.Cc1ccc2ccc(C)cc2c1. The van der Waals surface area contributed by atoms with Crippen molar-refractivity contribution in [1.29, 1.82) is 0 Å². The van der Waals surface area contributed by atoms with Crippen LogP contribution in [0.4, 0.5) is 0 Å². The molecule has 8 aromatic carbocycles. The lowest BCUT2D eigenvalue weighted by Gasteiger charge is -2.12. The maximum atomic E-state index is 2.33. The number of rotatable bonds is 0. The first-order valence-corrected chi connectivity index (χ1v) is 19.5. The lowest BCUT2D eigenvalue weighted by molar-refractivity contribution is 1.43. The third kappa shape index (κ3) is 10.8. The highest BCUT2D eigenvalue weighted by atomic mass is 14.1. The van der Waals surface area contributed by atoms with E-state index in [0.29, 0.717) is 0 Å². The van der Waals surface area contributed by atoms with Gasteiger partial charge in [0, 0.05) is 0 Å². The molecular formula is C52H64. The summed E-state index contributed by atoms with van der Waals surface area (Å²) in [5.74, 6) is 0. The van der Waals surface area contributed by atoms with Crippen LogP contribution >= 0.6 is 0 Å². The first-order valence-electron chi connectivity index (χ1n) is 19.5. The molecule has 0 aliphatic rings. The number of benzene rings is 8. The molecule has 8 rings (SSSR count). The van der Waals surface area contributed by atoms with Gasteiger partial charge < -0.3 is 0 Å². The fourth-order valence-corrected chi connectivity index (χ4v) is 6.49. The van der Waals surface area contributed by atoms with Crippen molar-refractivity contribution < 1.29 is 0 Å². The van der Waals surface area contributed by atoms with Crippen LogP contribution < -0.4 is 0 Å². The van der Waals surface area contributed by atoms with E-state index in [0.717, 1.165) is 0 Å². The van der Waals surface area contributed by atoms with Crippen molar-refractivity contribution in [3.8, 4) is 0 Å². The minimum absolute atomic E-state index is 1.33. The van der Waals surface area contributed by atoms with Gasteiger partial charge in [0.15, 0.2) is 0 Å². The fraction of sp³-hybridized carbons (Fsp3) is 0.269. The normalized spacial score (nSPS) is 9.73. The molecule has 0 bridgehead atoms. The van der Waals surface area contributed by atoms with E-state index in [1.807, 2.05) is 55.4 Å². The van der Waals surface area contributed by atoms with Gasteiger partial charge in [0.1, 0.15) is 0 Å². The van der Waals surface area contributed by atoms with Crippen LogP contribution in [0.25, 0.3) is 53.9 Å². The largest absolute Gasteiger partial charge is 0.0683 e. The third-order valence-electron chi connectivity index (χ3n) is 8.66. The quantitative estimate of drug-likeness (QED) is 0.139. The molecule has 0 unspecified atom stereocenters. The van der Waals surface area contributed by atoms with Gasteiger partial charge in [-0.05, 0) is 112 Å². The van der Waals surface area contributed by atoms with Gasteiger partial charge in [-0.1, -0.05) is 206 Å². The van der Waals surface area contributed by atoms with Gasteiger partial charge in [-0.3, -0.25) is 0 Å². The molecule has 0 nitrogen and oxygen atoms in total. The lowest BCUT2D eigenvalue weighted by Crippen LogP contribution is -1.86. The molecule has 0 saturated carbocycles. The Hall–Kier alpha value is -4.94. The van der Waals surface area contributed by atoms with Crippen LogP contribution in [0.1, 0.15) is 88.8 Å². The summed E-state index contributed by atoms with van der Waals surface area (Å²) in [4.78, 5) is 0. The Morgan fingerprint density at radius 3 is 1.02 bits per heavy atom. The van der Waals surface area contributed by atoms with Crippen LogP contribution in [-0.4, -0.2) is 0 Å². The maximum Gasteiger partial charge on any atom is -0.00961 e. The van der Waals surface area contributed by atoms with E-state index in [4.69, 9.17) is 0 Å². The summed E-state index contributed by atoms with van der Waals surface area (Å²) >= 11 is 0. The highest BCUT2D eigenvalue weighted by molar-refractivity contribution is 6.18. The van der Waals surface area contributed by atoms with Crippen molar-refractivity contribution in [1.82, 2.24) is 0 Å². The second-order valence-electron chi connectivity index (χ2n) is 12.2. The molecule has 52 heavy (non-hydrogen) atoms. The van der Waals surface area contributed by atoms with Crippen LogP contribution in [0, 0.1) is 41.5 Å². The Morgan fingerprint density at radius 2 is 0.577 bits per heavy atom. The molecule has 272 valence electrons. The fourth-order valence-electron chi connectivity index (χ4n) is 6.49. The molecule has 0 amide bonds. The Morgan fingerprint density at radius 1 is 0.231 bits per heavy atom. The summed E-state index contributed by atoms with van der Waals surface area (Å²) in [6.45, 7) is 29.0. The maximum absolute atomic E-state index is 2.33. The summed E-state index contributed by atoms with van der Waals surface area (Å²) in [7, 11) is 0. The zero-order valence-corrected chi connectivity index (χ0v) is 34.7. The number of aryl methyl sites for hydroxylation is 6. The molecule has 0 radical (unpaired) electrons. The third-order valence-corrected chi connectivity index (χ3v) is 8.66. The van der Waals surface area contributed by atoms with Crippen molar-refractivity contribution in [2.75, 3.05) is 0 Å². The number of hydrogen-bond acceptors (Lipinski definition) is 0. The van der Waals surface area contributed by atoms with Crippen LogP contribution in [0.3, 0.4) is 0 Å². The lowest BCUT2D eigenvalue weighted by atomic mass is 9.92. The van der Waals surface area contributed by atoms with E-state index >= 15 is 0 Å². The topological polar surface area (TPSA) is 0 Å². The molecule has 0 aliphatic carbocycles. The van der Waals surface area contributed by atoms with E-state index in [2.05, 4.69) is 175 Å². The van der Waals surface area contributed by atoms with Gasteiger partial charge in [0.05, 0.1) is 0 Å². The molecule has 0 fully saturated rings. The monoisotopic (exact) mass is 689 g/mol. The summed E-state index contributed by atoms with van der Waals surface area (Å²) in [6.07, 6.45) is 0. The van der Waals surface area contributed by atoms with E-state index in [-0.39, 0.29) is 0 Å². The second-order valence-corrected chi connectivity index (χ2v) is 12.2. The van der Waals surface area contributed by atoms with Crippen molar-refractivity contribution in [3.63, 3.8) is 0 Å². The molecule has 0 saturated heterocycles. The first kappa shape index (κ1) is 43.2. The van der Waals surface area contributed by atoms with Crippen molar-refractivity contribution >= 4 is 53.9 Å². The van der Waals surface area contributed by atoms with Gasteiger partial charge in [-0.25, -0.2) is 0 Å². The van der Waals surface area contributed by atoms with Gasteiger partial charge in [0.2, 0.25) is 0 Å². The van der Waals surface area contributed by atoms with Crippen LogP contribution in [0.2, 0.25) is 0 Å². The molecule has 0 aromatic heterocycles. The van der Waals surface area contributed by atoms with E-state index in [1.54, 1.807) is 0 Å². The molecular weight excluding hydrogens is 625 g/mol. The summed E-state index contributed by atoms with van der Waals surface area (Å²) in [6, 6.07) is 48.1. The average Bonchev–Trinajstić information content (AvgIpc) is 3.19. The Kier molecular flexibility index (Phi) is 18.4. The van der Waals surface area contributed by atoms with Crippen LogP contribution in [0.15, 0.2) is 133 Å². The minimum Gasteiger partial charge on any atom is -0.0683 e. The molecule has 8 aromatic rings. The highest BCUT2D eigenvalue weighted by Gasteiger charge is 2.08. The van der Waals surface area contributed by atoms with E-state index in [9.17, 15) is 0 Å². The zero-order valence-electron chi connectivity index (χ0n) is 34.7. The Labute approximate surface area is 316 Å². The minimum atomic E-state index is 1.33. The average molecular weight is 689 g/mol. The summed E-state index contributed by atoms with van der Waals surface area (Å²) in [5.41, 5.74) is 8.06. The number of hydrogen-bond donors (Lipinski definition) is 0. The predicted molar refractivity (Wildman–Crippen MR) is 241 cm³/mol. The van der Waals surface area contributed by atoms with Crippen molar-refractivity contribution in [2.24, 2.45) is 0 Å². The standard InChI is InChI=1S/C20H16.2C12H12.4C2H6/c1-13-11-19-18-10-6-4-8-16(18)14(2)12-20(19)17-9-5-3-7-15(13)17;1-9-3-5-11-6-4-10(2)8-12(11)7-9;1-9-7-10(2)12-6-4-3-5-11(12)8-9;4*1-2/h3-12H,1-2H3;2*3-8H,1-2H3;4*1-2H3. The predicted octanol–water partition coefficient (Wildman–Crippen LogP) is 16.8. The van der Waals surface area contributed by atoms with Crippen LogP contribution in [-0.2, 0) is 0 Å². The molecule has 0 heterocycles. The van der Waals surface area contributed by atoms with Gasteiger partial charge >= 0.3 is 0 Å². The summed E-state index contributed by atoms with van der Waals surface area (Å²) in [5, 5.41) is 13.5. The highest BCUT2D eigenvalue weighted by Crippen LogP contribution is 2.35. The molecule has 0 spiro atoms. The molecule has 0 atom stereocenters. The first-order chi connectivity index (χ1) is 25.3. The molecule has 0 aliphatic heterocycles. The molecule has 0 heteroatoms. The van der Waals surface area contributed by atoms with Gasteiger partial charge in [0.25, 0.3) is 0 Å². The van der Waals surface area contributed by atoms with E-state index < -0.39 is 0 Å².